The van der Waals surface area contributed by atoms with Crippen LogP contribution in [0.4, 0.5) is 16.2 Å². The second-order valence-electron chi connectivity index (χ2n) is 3.45. The van der Waals surface area contributed by atoms with E-state index in [1.165, 1.54) is 6.92 Å². The van der Waals surface area contributed by atoms with E-state index in [1.54, 1.807) is 18.2 Å². The van der Waals surface area contributed by atoms with Crippen LogP contribution in [0.15, 0.2) is 18.2 Å². The molecule has 0 aliphatic heterocycles. The maximum Gasteiger partial charge on any atom is 0.404 e. The van der Waals surface area contributed by atoms with Crippen molar-refractivity contribution in [3.8, 4) is 0 Å². The third-order valence-electron chi connectivity index (χ3n) is 2.11. The molecule has 1 aromatic carbocycles. The van der Waals surface area contributed by atoms with Gasteiger partial charge in [-0.2, -0.15) is 0 Å². The SMILES string of the molecule is CC(=O)c1ccc(NCCOC(N)=O)cc1N. The van der Waals surface area contributed by atoms with Gasteiger partial charge in [0.05, 0.1) is 0 Å². The van der Waals surface area contributed by atoms with Gasteiger partial charge in [0.15, 0.2) is 5.78 Å². The number of nitrogens with two attached hydrogens (primary N) is 2. The third kappa shape index (κ3) is 4.02. The number of hydrogen-bond acceptors (Lipinski definition) is 5. The van der Waals surface area contributed by atoms with E-state index in [0.29, 0.717) is 17.8 Å². The molecule has 0 unspecified atom stereocenters. The zero-order valence-corrected chi connectivity index (χ0v) is 9.53. The zero-order valence-electron chi connectivity index (χ0n) is 9.53. The molecule has 0 aliphatic rings. The number of nitrogen functional groups attached to an aromatic ring is 1. The number of carbonyl (C=O) groups is 2. The Balaban J connectivity index is 2.53. The lowest BCUT2D eigenvalue weighted by Crippen LogP contribution is -2.18. The lowest BCUT2D eigenvalue weighted by atomic mass is 10.1. The lowest BCUT2D eigenvalue weighted by Gasteiger charge is -2.08. The summed E-state index contributed by atoms with van der Waals surface area (Å²) in [6.07, 6.45) is -0.807. The number of rotatable bonds is 5. The van der Waals surface area contributed by atoms with E-state index in [-0.39, 0.29) is 12.4 Å². The predicted octanol–water partition coefficient (Wildman–Crippen LogP) is 0.979. The van der Waals surface area contributed by atoms with Crippen LogP contribution in [0.2, 0.25) is 0 Å². The van der Waals surface area contributed by atoms with E-state index in [9.17, 15) is 9.59 Å². The molecular formula is C11H15N3O3. The molecule has 1 rings (SSSR count). The van der Waals surface area contributed by atoms with Crippen molar-refractivity contribution in [1.82, 2.24) is 0 Å². The number of benzene rings is 1. The minimum absolute atomic E-state index is 0.0777. The highest BCUT2D eigenvalue weighted by Gasteiger charge is 2.04. The first-order valence-electron chi connectivity index (χ1n) is 5.07. The van der Waals surface area contributed by atoms with Crippen molar-refractivity contribution in [2.45, 2.75) is 6.92 Å². The average Bonchev–Trinajstić information content (AvgIpc) is 2.23. The van der Waals surface area contributed by atoms with Crippen molar-refractivity contribution < 1.29 is 14.3 Å². The number of primary amides is 1. The van der Waals surface area contributed by atoms with Crippen LogP contribution in [0.25, 0.3) is 0 Å². The summed E-state index contributed by atoms with van der Waals surface area (Å²) in [4.78, 5) is 21.4. The van der Waals surface area contributed by atoms with Gasteiger partial charge in [0.1, 0.15) is 6.61 Å². The zero-order chi connectivity index (χ0) is 12.8. The number of hydrogen-bond donors (Lipinski definition) is 3. The molecule has 92 valence electrons. The number of ether oxygens (including phenoxy) is 1. The summed E-state index contributed by atoms with van der Waals surface area (Å²) < 4.78 is 4.55. The van der Waals surface area contributed by atoms with Crippen LogP contribution in [0.3, 0.4) is 0 Å². The van der Waals surface area contributed by atoms with Gasteiger partial charge >= 0.3 is 6.09 Å². The number of nitrogens with one attached hydrogen (secondary N) is 1. The van der Waals surface area contributed by atoms with Crippen molar-refractivity contribution in [3.63, 3.8) is 0 Å². The normalized spacial score (nSPS) is 9.71. The number of ketones is 1. The quantitative estimate of drug-likeness (QED) is 0.402. The summed E-state index contributed by atoms with van der Waals surface area (Å²) >= 11 is 0. The van der Waals surface area contributed by atoms with E-state index < -0.39 is 6.09 Å². The molecule has 0 heterocycles. The van der Waals surface area contributed by atoms with E-state index >= 15 is 0 Å². The molecule has 0 spiro atoms. The molecule has 0 aliphatic carbocycles. The first-order valence-corrected chi connectivity index (χ1v) is 5.07. The highest BCUT2D eigenvalue weighted by atomic mass is 16.5. The molecule has 0 fully saturated rings. The van der Waals surface area contributed by atoms with Crippen molar-refractivity contribution in [2.75, 3.05) is 24.2 Å². The molecular weight excluding hydrogens is 222 g/mol. The summed E-state index contributed by atoms with van der Waals surface area (Å²) in [6.45, 7) is 2.05. The van der Waals surface area contributed by atoms with E-state index in [4.69, 9.17) is 11.5 Å². The van der Waals surface area contributed by atoms with Crippen LogP contribution >= 0.6 is 0 Å². The molecule has 0 bridgehead atoms. The Labute approximate surface area is 98.9 Å². The molecule has 0 saturated heterocycles. The molecule has 1 aromatic rings. The van der Waals surface area contributed by atoms with Gasteiger partial charge in [-0.1, -0.05) is 0 Å². The lowest BCUT2D eigenvalue weighted by molar-refractivity contribution is 0.101. The number of Topliss-reactive ketones (excluding diaryl/α,β-unsaturated/α-hetero) is 1. The van der Waals surface area contributed by atoms with Crippen LogP contribution in [0.5, 0.6) is 0 Å². The Bertz CT molecular complexity index is 432. The molecule has 0 aromatic heterocycles. The smallest absolute Gasteiger partial charge is 0.404 e. The summed E-state index contributed by atoms with van der Waals surface area (Å²) in [7, 11) is 0. The summed E-state index contributed by atoms with van der Waals surface area (Å²) in [5, 5.41) is 2.98. The Morgan fingerprint density at radius 2 is 2.12 bits per heavy atom. The van der Waals surface area contributed by atoms with Gasteiger partial charge in [0, 0.05) is 23.5 Å². The minimum atomic E-state index is -0.807. The fourth-order valence-electron chi connectivity index (χ4n) is 1.34. The minimum Gasteiger partial charge on any atom is -0.448 e. The highest BCUT2D eigenvalue weighted by Crippen LogP contribution is 2.18. The van der Waals surface area contributed by atoms with Gasteiger partial charge in [-0.25, -0.2) is 4.79 Å². The van der Waals surface area contributed by atoms with Gasteiger partial charge in [0.25, 0.3) is 0 Å². The molecule has 0 saturated carbocycles. The molecule has 17 heavy (non-hydrogen) atoms. The maximum absolute atomic E-state index is 11.1. The Kier molecular flexibility index (Phi) is 4.33. The van der Waals surface area contributed by atoms with Crippen molar-refractivity contribution in [3.05, 3.63) is 23.8 Å². The Morgan fingerprint density at radius 3 is 2.65 bits per heavy atom. The van der Waals surface area contributed by atoms with Crippen molar-refractivity contribution in [1.29, 1.82) is 0 Å². The molecule has 6 heteroatoms. The molecule has 0 atom stereocenters. The topological polar surface area (TPSA) is 107 Å². The van der Waals surface area contributed by atoms with Crippen molar-refractivity contribution >= 4 is 23.3 Å². The van der Waals surface area contributed by atoms with Gasteiger partial charge in [-0.15, -0.1) is 0 Å². The standard InChI is InChI=1S/C11H15N3O3/c1-7(15)9-3-2-8(6-10(9)12)14-4-5-17-11(13)16/h2-3,6,14H,4-5,12H2,1H3,(H2,13,16). The largest absolute Gasteiger partial charge is 0.448 e. The first kappa shape index (κ1) is 12.8. The molecule has 6 nitrogen and oxygen atoms in total. The summed E-state index contributed by atoms with van der Waals surface area (Å²) in [5.74, 6) is -0.0777. The van der Waals surface area contributed by atoms with Crippen LogP contribution in [0.1, 0.15) is 17.3 Å². The van der Waals surface area contributed by atoms with Gasteiger partial charge < -0.3 is 21.5 Å². The van der Waals surface area contributed by atoms with Gasteiger partial charge in [-0.3, -0.25) is 4.79 Å². The molecule has 0 radical (unpaired) electrons. The first-order chi connectivity index (χ1) is 8.00. The number of anilines is 2. The van der Waals surface area contributed by atoms with Crippen LogP contribution < -0.4 is 16.8 Å². The summed E-state index contributed by atoms with van der Waals surface area (Å²) in [5.41, 5.74) is 12.2. The fraction of sp³-hybridized carbons (Fsp3) is 0.273. The third-order valence-corrected chi connectivity index (χ3v) is 2.11. The predicted molar refractivity (Wildman–Crippen MR) is 64.9 cm³/mol. The van der Waals surface area contributed by atoms with Gasteiger partial charge in [-0.05, 0) is 25.1 Å². The van der Waals surface area contributed by atoms with Crippen LogP contribution in [0, 0.1) is 0 Å². The second-order valence-corrected chi connectivity index (χ2v) is 3.45. The van der Waals surface area contributed by atoms with Crippen LogP contribution in [-0.2, 0) is 4.74 Å². The van der Waals surface area contributed by atoms with Crippen LogP contribution in [-0.4, -0.2) is 25.0 Å². The molecule has 5 N–H and O–H groups in total. The van der Waals surface area contributed by atoms with Gasteiger partial charge in [0.2, 0.25) is 0 Å². The Morgan fingerprint density at radius 1 is 1.41 bits per heavy atom. The summed E-state index contributed by atoms with van der Waals surface area (Å²) in [6, 6.07) is 5.04. The van der Waals surface area contributed by atoms with E-state index in [0.717, 1.165) is 5.69 Å². The fourth-order valence-corrected chi connectivity index (χ4v) is 1.34. The number of amides is 1. The Hall–Kier alpha value is -2.24. The van der Waals surface area contributed by atoms with E-state index in [2.05, 4.69) is 10.1 Å². The molecule has 1 amide bonds. The van der Waals surface area contributed by atoms with E-state index in [1.807, 2.05) is 0 Å². The maximum atomic E-state index is 11.1. The monoisotopic (exact) mass is 237 g/mol. The second kappa shape index (κ2) is 5.74. The van der Waals surface area contributed by atoms with Crippen molar-refractivity contribution in [2.24, 2.45) is 5.73 Å². The average molecular weight is 237 g/mol. The number of carbonyl (C=O) groups excluding carboxylic acids is 2. The highest BCUT2D eigenvalue weighted by molar-refractivity contribution is 5.99.